The molecule has 1 N–H and O–H groups in total. The quantitative estimate of drug-likeness (QED) is 0.605. The fourth-order valence-corrected chi connectivity index (χ4v) is 2.18. The van der Waals surface area contributed by atoms with E-state index in [-0.39, 0.29) is 0 Å². The van der Waals surface area contributed by atoms with Gasteiger partial charge in [-0.3, -0.25) is 0 Å². The summed E-state index contributed by atoms with van der Waals surface area (Å²) in [7, 11) is 0. The molecule has 0 heterocycles. The van der Waals surface area contributed by atoms with Crippen LogP contribution in [-0.4, -0.2) is 5.71 Å². The SMILES string of the molecule is CC(=N)CC1CCCCCCC1. The van der Waals surface area contributed by atoms with Crippen molar-refractivity contribution in [3.63, 3.8) is 0 Å². The summed E-state index contributed by atoms with van der Waals surface area (Å²) in [5.41, 5.74) is 0.876. The van der Waals surface area contributed by atoms with Crippen molar-refractivity contribution in [2.75, 3.05) is 0 Å². The molecule has 0 bridgehead atoms. The van der Waals surface area contributed by atoms with Crippen molar-refractivity contribution < 1.29 is 0 Å². The molecule has 1 rings (SSSR count). The summed E-state index contributed by atoms with van der Waals surface area (Å²) >= 11 is 0. The van der Waals surface area contributed by atoms with Crippen LogP contribution in [0.2, 0.25) is 0 Å². The van der Waals surface area contributed by atoms with Gasteiger partial charge in [0.05, 0.1) is 0 Å². The van der Waals surface area contributed by atoms with Gasteiger partial charge in [-0.25, -0.2) is 0 Å². The molecule has 0 aromatic carbocycles. The van der Waals surface area contributed by atoms with Crippen LogP contribution in [0.3, 0.4) is 0 Å². The Bertz CT molecular complexity index is 132. The van der Waals surface area contributed by atoms with Gasteiger partial charge >= 0.3 is 0 Å². The largest absolute Gasteiger partial charge is 0.310 e. The Kier molecular flexibility index (Phi) is 4.34. The van der Waals surface area contributed by atoms with Gasteiger partial charge in [0.25, 0.3) is 0 Å². The van der Waals surface area contributed by atoms with Crippen LogP contribution in [-0.2, 0) is 0 Å². The first-order valence-corrected chi connectivity index (χ1v) is 5.33. The number of hydrogen-bond donors (Lipinski definition) is 1. The maximum Gasteiger partial charge on any atom is 0.00609 e. The summed E-state index contributed by atoms with van der Waals surface area (Å²) in [6, 6.07) is 0. The van der Waals surface area contributed by atoms with Gasteiger partial charge in [0.2, 0.25) is 0 Å². The highest BCUT2D eigenvalue weighted by atomic mass is 14.4. The lowest BCUT2D eigenvalue weighted by Crippen LogP contribution is -2.07. The summed E-state index contributed by atoms with van der Waals surface area (Å²) in [5.74, 6) is 0.836. The molecule has 0 unspecified atom stereocenters. The van der Waals surface area contributed by atoms with E-state index < -0.39 is 0 Å². The van der Waals surface area contributed by atoms with E-state index in [4.69, 9.17) is 5.41 Å². The van der Waals surface area contributed by atoms with E-state index >= 15 is 0 Å². The third-order valence-electron chi connectivity index (χ3n) is 2.82. The van der Waals surface area contributed by atoms with Crippen LogP contribution in [0.4, 0.5) is 0 Å². The lowest BCUT2D eigenvalue weighted by atomic mass is 9.88. The summed E-state index contributed by atoms with van der Waals surface area (Å²) in [4.78, 5) is 0. The second-order valence-electron chi connectivity index (χ2n) is 4.20. The minimum Gasteiger partial charge on any atom is -0.310 e. The lowest BCUT2D eigenvalue weighted by molar-refractivity contribution is 0.387. The summed E-state index contributed by atoms with van der Waals surface area (Å²) < 4.78 is 0. The van der Waals surface area contributed by atoms with Crippen LogP contribution in [0.25, 0.3) is 0 Å². The Labute approximate surface area is 76.1 Å². The number of rotatable bonds is 2. The van der Waals surface area contributed by atoms with E-state index in [2.05, 4.69) is 0 Å². The van der Waals surface area contributed by atoms with E-state index in [1.54, 1.807) is 0 Å². The Balaban J connectivity index is 2.24. The molecule has 0 amide bonds. The minimum absolute atomic E-state index is 0.836. The summed E-state index contributed by atoms with van der Waals surface area (Å²) in [6.07, 6.45) is 10.9. The predicted molar refractivity (Wildman–Crippen MR) is 53.8 cm³/mol. The highest BCUT2D eigenvalue weighted by molar-refractivity contribution is 5.78. The molecule has 1 fully saturated rings. The molecule has 0 atom stereocenters. The molecular weight excluding hydrogens is 146 g/mol. The van der Waals surface area contributed by atoms with Gasteiger partial charge < -0.3 is 5.41 Å². The fourth-order valence-electron chi connectivity index (χ4n) is 2.18. The van der Waals surface area contributed by atoms with Crippen LogP contribution >= 0.6 is 0 Å². The smallest absolute Gasteiger partial charge is 0.00609 e. The van der Waals surface area contributed by atoms with E-state index in [1.807, 2.05) is 6.92 Å². The average Bonchev–Trinajstić information content (AvgIpc) is 1.93. The van der Waals surface area contributed by atoms with Gasteiger partial charge in [-0.05, 0) is 19.3 Å². The zero-order valence-electron chi connectivity index (χ0n) is 8.23. The van der Waals surface area contributed by atoms with Crippen LogP contribution < -0.4 is 0 Å². The van der Waals surface area contributed by atoms with Crippen molar-refractivity contribution >= 4 is 5.71 Å². The normalized spacial score (nSPS) is 21.4. The molecule has 0 spiro atoms. The molecule has 70 valence electrons. The van der Waals surface area contributed by atoms with Gasteiger partial charge in [0, 0.05) is 5.71 Å². The van der Waals surface area contributed by atoms with Crippen molar-refractivity contribution in [2.45, 2.75) is 58.3 Å². The molecule has 1 aliphatic carbocycles. The van der Waals surface area contributed by atoms with Crippen LogP contribution in [0.5, 0.6) is 0 Å². The van der Waals surface area contributed by atoms with E-state index in [9.17, 15) is 0 Å². The van der Waals surface area contributed by atoms with Crippen molar-refractivity contribution in [3.05, 3.63) is 0 Å². The second-order valence-corrected chi connectivity index (χ2v) is 4.20. The number of nitrogens with one attached hydrogen (secondary N) is 1. The molecule has 1 saturated carbocycles. The molecule has 0 aromatic heterocycles. The second kappa shape index (κ2) is 5.34. The molecule has 0 saturated heterocycles. The fraction of sp³-hybridized carbons (Fsp3) is 0.909. The highest BCUT2D eigenvalue weighted by Crippen LogP contribution is 2.24. The zero-order valence-corrected chi connectivity index (χ0v) is 8.23. The van der Waals surface area contributed by atoms with Gasteiger partial charge in [-0.2, -0.15) is 0 Å². The predicted octanol–water partition coefficient (Wildman–Crippen LogP) is 3.78. The topological polar surface area (TPSA) is 23.9 Å². The third-order valence-corrected chi connectivity index (χ3v) is 2.82. The molecule has 1 heteroatoms. The van der Waals surface area contributed by atoms with Crippen molar-refractivity contribution in [1.29, 1.82) is 5.41 Å². The lowest BCUT2D eigenvalue weighted by Gasteiger charge is -2.18. The Morgan fingerprint density at radius 1 is 1.08 bits per heavy atom. The first-order chi connectivity index (χ1) is 5.79. The van der Waals surface area contributed by atoms with Gasteiger partial charge in [0.1, 0.15) is 0 Å². The first kappa shape index (κ1) is 9.76. The third kappa shape index (κ3) is 3.89. The Morgan fingerprint density at radius 2 is 1.58 bits per heavy atom. The zero-order chi connectivity index (χ0) is 8.81. The molecule has 0 radical (unpaired) electrons. The van der Waals surface area contributed by atoms with E-state index in [1.165, 1.54) is 44.9 Å². The maximum atomic E-state index is 7.46. The van der Waals surface area contributed by atoms with E-state index in [0.29, 0.717) is 0 Å². The molecule has 12 heavy (non-hydrogen) atoms. The van der Waals surface area contributed by atoms with Crippen molar-refractivity contribution in [2.24, 2.45) is 5.92 Å². The van der Waals surface area contributed by atoms with Gasteiger partial charge in [0.15, 0.2) is 0 Å². The van der Waals surface area contributed by atoms with E-state index in [0.717, 1.165) is 18.1 Å². The average molecular weight is 167 g/mol. The van der Waals surface area contributed by atoms with Gasteiger partial charge in [-0.1, -0.05) is 44.9 Å². The Hall–Kier alpha value is -0.330. The van der Waals surface area contributed by atoms with Crippen molar-refractivity contribution in [1.82, 2.24) is 0 Å². The molecule has 0 aliphatic heterocycles. The van der Waals surface area contributed by atoms with Gasteiger partial charge in [-0.15, -0.1) is 0 Å². The maximum absolute atomic E-state index is 7.46. The first-order valence-electron chi connectivity index (χ1n) is 5.33. The van der Waals surface area contributed by atoms with Crippen molar-refractivity contribution in [3.8, 4) is 0 Å². The standard InChI is InChI=1S/C11H21N/c1-10(12)9-11-7-5-3-2-4-6-8-11/h11-12H,2-9H2,1H3. The molecule has 1 aliphatic rings. The molecule has 1 nitrogen and oxygen atoms in total. The summed E-state index contributed by atoms with van der Waals surface area (Å²) in [6.45, 7) is 1.94. The molecule has 0 aromatic rings. The highest BCUT2D eigenvalue weighted by Gasteiger charge is 2.11. The van der Waals surface area contributed by atoms with Crippen LogP contribution in [0, 0.1) is 11.3 Å². The van der Waals surface area contributed by atoms with Crippen LogP contribution in [0.1, 0.15) is 58.3 Å². The molecular formula is C11H21N. The Morgan fingerprint density at radius 3 is 2.08 bits per heavy atom. The summed E-state index contributed by atoms with van der Waals surface area (Å²) in [5, 5.41) is 7.46. The minimum atomic E-state index is 0.836. The number of hydrogen-bond acceptors (Lipinski definition) is 1. The van der Waals surface area contributed by atoms with Crippen LogP contribution in [0.15, 0.2) is 0 Å². The monoisotopic (exact) mass is 167 g/mol.